The van der Waals surface area contributed by atoms with E-state index in [2.05, 4.69) is 27.1 Å². The van der Waals surface area contributed by atoms with Crippen LogP contribution in [0.15, 0.2) is 121 Å². The SMILES string of the molecule is O=C(NCc1ccc(C2O[C@H](CN3CCC(O)(c4ccc(Cl)cc4)CC3)[C@@H](c3ccccc3)[C@H](c3ccc(CO)cc3)O2)cc1)c1ccc2c(c1)C(=O)OC2=O. The first-order chi connectivity index (χ1) is 27.2. The number of aliphatic hydroxyl groups excluding tert-OH is 1. The number of benzene rings is 5. The van der Waals surface area contributed by atoms with Crippen LogP contribution in [-0.4, -0.2) is 58.7 Å². The number of fused-ring (bicyclic) bond motifs is 1. The number of esters is 2. The lowest BCUT2D eigenvalue weighted by Crippen LogP contribution is -2.49. The maximum atomic E-state index is 13.0. The summed E-state index contributed by atoms with van der Waals surface area (Å²) < 4.78 is 18.4. The first-order valence-electron chi connectivity index (χ1n) is 18.7. The molecule has 5 aromatic carbocycles. The fraction of sp³-hybridized carbons (Fsp3) is 0.267. The highest BCUT2D eigenvalue weighted by Crippen LogP contribution is 2.47. The van der Waals surface area contributed by atoms with E-state index < -0.39 is 29.7 Å². The van der Waals surface area contributed by atoms with Crippen LogP contribution in [0.3, 0.4) is 0 Å². The Kier molecular flexibility index (Phi) is 10.8. The molecular weight excluding hydrogens is 732 g/mol. The highest BCUT2D eigenvalue weighted by atomic mass is 35.5. The quantitative estimate of drug-likeness (QED) is 0.101. The second kappa shape index (κ2) is 16.1. The van der Waals surface area contributed by atoms with Crippen molar-refractivity contribution in [2.75, 3.05) is 19.6 Å². The largest absolute Gasteiger partial charge is 0.392 e. The first kappa shape index (κ1) is 37.7. The second-order valence-corrected chi connectivity index (χ2v) is 15.0. The number of amides is 1. The van der Waals surface area contributed by atoms with Crippen molar-refractivity contribution in [1.82, 2.24) is 10.2 Å². The van der Waals surface area contributed by atoms with Crippen molar-refractivity contribution in [3.05, 3.63) is 176 Å². The summed E-state index contributed by atoms with van der Waals surface area (Å²) >= 11 is 6.13. The molecule has 0 saturated carbocycles. The molecule has 0 aromatic heterocycles. The van der Waals surface area contributed by atoms with Gasteiger partial charge >= 0.3 is 11.9 Å². The van der Waals surface area contributed by atoms with Crippen molar-refractivity contribution >= 4 is 29.4 Å². The normalized spacial score (nSPS) is 22.0. The third-order valence-corrected chi connectivity index (χ3v) is 11.3. The van der Waals surface area contributed by atoms with Gasteiger partial charge in [-0.25, -0.2) is 9.59 Å². The third-order valence-electron chi connectivity index (χ3n) is 11.1. The summed E-state index contributed by atoms with van der Waals surface area (Å²) in [6.07, 6.45) is -0.251. The van der Waals surface area contributed by atoms with Gasteiger partial charge in [0.05, 0.1) is 35.5 Å². The molecule has 3 aliphatic heterocycles. The van der Waals surface area contributed by atoms with Crippen LogP contribution in [0, 0.1) is 0 Å². The predicted molar refractivity (Wildman–Crippen MR) is 208 cm³/mol. The Morgan fingerprint density at radius 3 is 2.12 bits per heavy atom. The third kappa shape index (κ3) is 7.90. The Hall–Kier alpha value is -5.20. The standard InChI is InChI=1S/C45H41ClN2O8/c46-35-17-15-34(16-18-35)45(53)20-22-48(23-21-45)26-38-39(30-4-2-1-3-5-30)40(31-10-8-29(27-49)9-11-31)55-44(54-38)32-12-6-28(7-13-32)25-47-41(50)33-14-19-36-37(24-33)43(52)56-42(36)51/h1-19,24,38-40,44,49,53H,20-23,25-27H2,(H,47,50)/t38-,39-,40+,44?/m1/s1. The molecule has 0 spiro atoms. The van der Waals surface area contributed by atoms with Gasteiger partial charge in [0.15, 0.2) is 6.29 Å². The number of hydrogen-bond donors (Lipinski definition) is 3. The Bertz CT molecular complexity index is 2200. The van der Waals surface area contributed by atoms with Crippen LogP contribution >= 0.6 is 11.6 Å². The van der Waals surface area contributed by atoms with Crippen LogP contribution in [0.1, 0.15) is 95.6 Å². The van der Waals surface area contributed by atoms with E-state index in [1.54, 1.807) is 0 Å². The van der Waals surface area contributed by atoms with Crippen molar-refractivity contribution in [2.24, 2.45) is 0 Å². The van der Waals surface area contributed by atoms with Gasteiger partial charge in [0.2, 0.25) is 0 Å². The summed E-state index contributed by atoms with van der Waals surface area (Å²) in [7, 11) is 0. The van der Waals surface area contributed by atoms with Gasteiger partial charge in [-0.05, 0) is 71.0 Å². The number of ether oxygens (including phenoxy) is 3. The molecular formula is C45H41ClN2O8. The van der Waals surface area contributed by atoms with Gasteiger partial charge in [-0.3, -0.25) is 4.79 Å². The van der Waals surface area contributed by atoms with Crippen molar-refractivity contribution in [1.29, 1.82) is 0 Å². The number of likely N-dealkylation sites (tertiary alicyclic amines) is 1. The van der Waals surface area contributed by atoms with E-state index in [4.69, 9.17) is 21.1 Å². The number of carbonyl (C=O) groups excluding carboxylic acids is 3. The number of rotatable bonds is 10. The molecule has 286 valence electrons. The number of carbonyl (C=O) groups is 3. The molecule has 2 saturated heterocycles. The Morgan fingerprint density at radius 1 is 0.768 bits per heavy atom. The summed E-state index contributed by atoms with van der Waals surface area (Å²) in [5.41, 5.74) is 4.91. The highest BCUT2D eigenvalue weighted by Gasteiger charge is 2.44. The molecule has 5 aromatic rings. The zero-order chi connectivity index (χ0) is 38.8. The second-order valence-electron chi connectivity index (χ2n) is 14.6. The van der Waals surface area contributed by atoms with Crippen molar-refractivity contribution in [3.63, 3.8) is 0 Å². The Balaban J connectivity index is 1.02. The lowest BCUT2D eigenvalue weighted by Gasteiger charge is -2.46. The summed E-state index contributed by atoms with van der Waals surface area (Å²) in [5.74, 6) is -2.04. The molecule has 3 N–H and O–H groups in total. The maximum Gasteiger partial charge on any atom is 0.346 e. The van der Waals surface area contributed by atoms with Gasteiger partial charge in [-0.15, -0.1) is 0 Å². The predicted octanol–water partition coefficient (Wildman–Crippen LogP) is 7.00. The number of cyclic esters (lactones) is 2. The molecule has 2 fully saturated rings. The summed E-state index contributed by atoms with van der Waals surface area (Å²) in [6.45, 7) is 2.13. The molecule has 1 unspecified atom stereocenters. The molecule has 0 aliphatic carbocycles. The average molecular weight is 773 g/mol. The van der Waals surface area contributed by atoms with Gasteiger partial charge < -0.3 is 34.6 Å². The van der Waals surface area contributed by atoms with Crippen LogP contribution in [0.5, 0.6) is 0 Å². The molecule has 4 atom stereocenters. The highest BCUT2D eigenvalue weighted by molar-refractivity contribution is 6.30. The van der Waals surface area contributed by atoms with Gasteiger partial charge in [0.1, 0.15) is 0 Å². The minimum atomic E-state index is -0.938. The van der Waals surface area contributed by atoms with E-state index in [0.29, 0.717) is 37.5 Å². The number of aliphatic hydroxyl groups is 2. The minimum absolute atomic E-state index is 0.0601. The fourth-order valence-electron chi connectivity index (χ4n) is 7.88. The van der Waals surface area contributed by atoms with E-state index in [0.717, 1.165) is 33.4 Å². The van der Waals surface area contributed by atoms with Gasteiger partial charge in [-0.1, -0.05) is 103 Å². The Morgan fingerprint density at radius 2 is 1.43 bits per heavy atom. The van der Waals surface area contributed by atoms with E-state index in [1.165, 1.54) is 18.2 Å². The monoisotopic (exact) mass is 772 g/mol. The Labute approximate surface area is 329 Å². The van der Waals surface area contributed by atoms with Crippen molar-refractivity contribution in [2.45, 2.75) is 56.0 Å². The van der Waals surface area contributed by atoms with E-state index in [-0.39, 0.29) is 48.0 Å². The smallest absolute Gasteiger partial charge is 0.346 e. The average Bonchev–Trinajstić information content (AvgIpc) is 3.52. The van der Waals surface area contributed by atoms with E-state index >= 15 is 0 Å². The number of nitrogens with one attached hydrogen (secondary N) is 1. The first-order valence-corrected chi connectivity index (χ1v) is 19.1. The van der Waals surface area contributed by atoms with E-state index in [1.807, 2.05) is 91.0 Å². The molecule has 0 bridgehead atoms. The topological polar surface area (TPSA) is 135 Å². The fourth-order valence-corrected chi connectivity index (χ4v) is 8.00. The van der Waals surface area contributed by atoms with Crippen LogP contribution < -0.4 is 5.32 Å². The molecule has 11 heteroatoms. The number of piperidine rings is 1. The molecule has 3 aliphatic rings. The molecule has 0 radical (unpaired) electrons. The van der Waals surface area contributed by atoms with Crippen molar-refractivity contribution < 1.29 is 38.8 Å². The zero-order valence-corrected chi connectivity index (χ0v) is 31.2. The molecule has 8 rings (SSSR count). The van der Waals surface area contributed by atoms with E-state index in [9.17, 15) is 24.6 Å². The van der Waals surface area contributed by atoms with Crippen LogP contribution in [0.25, 0.3) is 0 Å². The zero-order valence-electron chi connectivity index (χ0n) is 30.5. The minimum Gasteiger partial charge on any atom is -0.392 e. The van der Waals surface area contributed by atoms with Crippen LogP contribution in [0.2, 0.25) is 5.02 Å². The maximum absolute atomic E-state index is 13.0. The van der Waals surface area contributed by atoms with Gasteiger partial charge in [0.25, 0.3) is 5.91 Å². The molecule has 56 heavy (non-hydrogen) atoms. The summed E-state index contributed by atoms with van der Waals surface area (Å²) in [4.78, 5) is 39.1. The molecule has 1 amide bonds. The molecule has 10 nitrogen and oxygen atoms in total. The van der Waals surface area contributed by atoms with Crippen LogP contribution in [0.4, 0.5) is 0 Å². The van der Waals surface area contributed by atoms with Crippen LogP contribution in [-0.2, 0) is 33.0 Å². The number of halogens is 1. The summed E-state index contributed by atoms with van der Waals surface area (Å²) in [5, 5.41) is 24.9. The molecule has 3 heterocycles. The number of hydrogen-bond acceptors (Lipinski definition) is 9. The number of nitrogens with zero attached hydrogens (tertiary/aromatic N) is 1. The summed E-state index contributed by atoms with van der Waals surface area (Å²) in [6, 6.07) is 37.5. The lowest BCUT2D eigenvalue weighted by atomic mass is 9.81. The van der Waals surface area contributed by atoms with Crippen molar-refractivity contribution in [3.8, 4) is 0 Å². The van der Waals surface area contributed by atoms with Gasteiger partial charge in [-0.2, -0.15) is 0 Å². The lowest BCUT2D eigenvalue weighted by molar-refractivity contribution is -0.264. The van der Waals surface area contributed by atoms with Gasteiger partial charge in [0, 0.05) is 48.2 Å².